The molecule has 6 heteroatoms. The minimum Gasteiger partial charge on any atom is -0.322 e. The summed E-state index contributed by atoms with van der Waals surface area (Å²) in [6, 6.07) is 12.8. The lowest BCUT2D eigenvalue weighted by Gasteiger charge is -2.10. The highest BCUT2D eigenvalue weighted by molar-refractivity contribution is 8.00. The number of para-hydroxylation sites is 1. The number of carbonyl (C=O) groups is 1. The molecule has 1 amide bonds. The summed E-state index contributed by atoms with van der Waals surface area (Å²) in [5.74, 6) is -0.343. The van der Waals surface area contributed by atoms with Crippen LogP contribution in [0.25, 0.3) is 0 Å². The molecule has 0 radical (unpaired) electrons. The highest BCUT2D eigenvalue weighted by Gasteiger charge is 2.29. The van der Waals surface area contributed by atoms with Gasteiger partial charge in [-0.1, -0.05) is 25.1 Å². The van der Waals surface area contributed by atoms with Crippen LogP contribution in [0.3, 0.4) is 0 Å². The monoisotopic (exact) mass is 325 g/mol. The molecule has 2 aromatic rings. The number of hydrogen-bond donors (Lipinski definition) is 1. The summed E-state index contributed by atoms with van der Waals surface area (Å²) in [6.45, 7) is 1.98. The smallest absolute Gasteiger partial charge is 0.322 e. The predicted octanol–water partition coefficient (Wildman–Crippen LogP) is 5.11. The van der Waals surface area contributed by atoms with E-state index in [-0.39, 0.29) is 22.6 Å². The Morgan fingerprint density at radius 2 is 1.73 bits per heavy atom. The molecule has 0 bridgehead atoms. The molecular formula is C16H14F3NOS. The predicted molar refractivity (Wildman–Crippen MR) is 82.1 cm³/mol. The zero-order valence-corrected chi connectivity index (χ0v) is 12.6. The van der Waals surface area contributed by atoms with Gasteiger partial charge in [0, 0.05) is 16.1 Å². The van der Waals surface area contributed by atoms with Crippen molar-refractivity contribution >= 4 is 23.4 Å². The van der Waals surface area contributed by atoms with E-state index in [1.807, 2.05) is 25.1 Å². The number of aryl methyl sites for hydroxylation is 1. The molecule has 0 heterocycles. The molecule has 2 nitrogen and oxygen atoms in total. The van der Waals surface area contributed by atoms with Gasteiger partial charge < -0.3 is 5.32 Å². The van der Waals surface area contributed by atoms with Gasteiger partial charge in [-0.05, 0) is 54.1 Å². The zero-order valence-electron chi connectivity index (χ0n) is 11.8. The SMILES string of the molecule is CCc1ccccc1NC(=O)c1ccc(SC(F)(F)F)cc1. The minimum absolute atomic E-state index is 0.0537. The lowest BCUT2D eigenvalue weighted by Crippen LogP contribution is -2.13. The number of amides is 1. The summed E-state index contributed by atoms with van der Waals surface area (Å²) >= 11 is -0.200. The molecule has 1 N–H and O–H groups in total. The van der Waals surface area contributed by atoms with Crippen molar-refractivity contribution in [3.8, 4) is 0 Å². The van der Waals surface area contributed by atoms with Gasteiger partial charge in [0.25, 0.3) is 5.91 Å². The average molecular weight is 325 g/mol. The fourth-order valence-corrected chi connectivity index (χ4v) is 2.49. The first-order chi connectivity index (χ1) is 10.4. The van der Waals surface area contributed by atoms with Crippen molar-refractivity contribution in [2.45, 2.75) is 23.7 Å². The third-order valence-electron chi connectivity index (χ3n) is 3.00. The van der Waals surface area contributed by atoms with Gasteiger partial charge in [-0.25, -0.2) is 0 Å². The Kier molecular flexibility index (Phi) is 5.13. The fourth-order valence-electron chi connectivity index (χ4n) is 1.95. The van der Waals surface area contributed by atoms with Crippen molar-refractivity contribution in [2.24, 2.45) is 0 Å². The van der Waals surface area contributed by atoms with E-state index in [0.29, 0.717) is 11.3 Å². The van der Waals surface area contributed by atoms with E-state index < -0.39 is 5.51 Å². The van der Waals surface area contributed by atoms with Crippen LogP contribution in [0.5, 0.6) is 0 Å². The molecule has 22 heavy (non-hydrogen) atoms. The van der Waals surface area contributed by atoms with Gasteiger partial charge in [-0.3, -0.25) is 4.79 Å². The molecular weight excluding hydrogens is 311 g/mol. The Balaban J connectivity index is 2.10. The van der Waals surface area contributed by atoms with Crippen molar-refractivity contribution in [1.29, 1.82) is 0 Å². The van der Waals surface area contributed by atoms with Crippen molar-refractivity contribution in [2.75, 3.05) is 5.32 Å². The van der Waals surface area contributed by atoms with E-state index in [9.17, 15) is 18.0 Å². The molecule has 0 aliphatic rings. The molecule has 0 saturated carbocycles. The molecule has 2 aromatic carbocycles. The maximum atomic E-state index is 12.3. The van der Waals surface area contributed by atoms with Gasteiger partial charge in [0.2, 0.25) is 0 Å². The minimum atomic E-state index is -4.33. The molecule has 0 atom stereocenters. The summed E-state index contributed by atoms with van der Waals surface area (Å²) in [4.78, 5) is 12.2. The third kappa shape index (κ3) is 4.53. The van der Waals surface area contributed by atoms with E-state index in [4.69, 9.17) is 0 Å². The topological polar surface area (TPSA) is 29.1 Å². The van der Waals surface area contributed by atoms with Crippen molar-refractivity contribution in [3.63, 3.8) is 0 Å². The first-order valence-corrected chi connectivity index (χ1v) is 7.46. The summed E-state index contributed by atoms with van der Waals surface area (Å²) in [5, 5.41) is 2.78. The molecule has 0 fully saturated rings. The molecule has 0 spiro atoms. The summed E-state index contributed by atoms with van der Waals surface area (Å²) < 4.78 is 36.8. The van der Waals surface area contributed by atoms with E-state index in [0.717, 1.165) is 12.0 Å². The van der Waals surface area contributed by atoms with E-state index in [2.05, 4.69) is 5.32 Å². The van der Waals surface area contributed by atoms with Crippen LogP contribution in [0.1, 0.15) is 22.8 Å². The molecule has 2 rings (SSSR count). The van der Waals surface area contributed by atoms with Crippen LogP contribution in [0, 0.1) is 0 Å². The van der Waals surface area contributed by atoms with Gasteiger partial charge in [0.15, 0.2) is 0 Å². The number of alkyl halides is 3. The van der Waals surface area contributed by atoms with Gasteiger partial charge in [0.1, 0.15) is 0 Å². The van der Waals surface area contributed by atoms with Crippen LogP contribution < -0.4 is 5.32 Å². The summed E-state index contributed by atoms with van der Waals surface area (Å²) in [5.41, 5.74) is -2.30. The van der Waals surface area contributed by atoms with Gasteiger partial charge in [-0.2, -0.15) is 13.2 Å². The van der Waals surface area contributed by atoms with Crippen molar-refractivity contribution in [3.05, 3.63) is 59.7 Å². The van der Waals surface area contributed by atoms with Gasteiger partial charge in [-0.15, -0.1) is 0 Å². The Bertz CT molecular complexity index is 653. The molecule has 0 aromatic heterocycles. The molecule has 0 aliphatic carbocycles. The number of carbonyl (C=O) groups excluding carboxylic acids is 1. The molecule has 0 aliphatic heterocycles. The second-order valence-corrected chi connectivity index (χ2v) is 5.68. The number of anilines is 1. The van der Waals surface area contributed by atoms with Crippen LogP contribution in [-0.2, 0) is 6.42 Å². The van der Waals surface area contributed by atoms with Crippen LogP contribution in [-0.4, -0.2) is 11.4 Å². The maximum Gasteiger partial charge on any atom is 0.446 e. The number of hydrogen-bond acceptors (Lipinski definition) is 2. The molecule has 116 valence electrons. The summed E-state index contributed by atoms with van der Waals surface area (Å²) in [6.07, 6.45) is 0.775. The van der Waals surface area contributed by atoms with E-state index in [1.54, 1.807) is 6.07 Å². The Labute approximate surface area is 130 Å². The van der Waals surface area contributed by atoms with Gasteiger partial charge >= 0.3 is 5.51 Å². The van der Waals surface area contributed by atoms with E-state index >= 15 is 0 Å². The quantitative estimate of drug-likeness (QED) is 0.791. The second-order valence-electron chi connectivity index (χ2n) is 4.54. The number of benzene rings is 2. The maximum absolute atomic E-state index is 12.3. The Morgan fingerprint density at radius 3 is 2.32 bits per heavy atom. The largest absolute Gasteiger partial charge is 0.446 e. The molecule has 0 unspecified atom stereocenters. The lowest BCUT2D eigenvalue weighted by molar-refractivity contribution is -0.0328. The first-order valence-electron chi connectivity index (χ1n) is 6.64. The van der Waals surface area contributed by atoms with Crippen molar-refractivity contribution in [1.82, 2.24) is 0 Å². The highest BCUT2D eigenvalue weighted by Crippen LogP contribution is 2.36. The van der Waals surface area contributed by atoms with E-state index in [1.165, 1.54) is 24.3 Å². The third-order valence-corrected chi connectivity index (χ3v) is 3.74. The van der Waals surface area contributed by atoms with Crippen LogP contribution in [0.4, 0.5) is 18.9 Å². The fraction of sp³-hybridized carbons (Fsp3) is 0.188. The number of nitrogens with one attached hydrogen (secondary N) is 1. The van der Waals surface area contributed by atoms with Crippen molar-refractivity contribution < 1.29 is 18.0 Å². The second kappa shape index (κ2) is 6.87. The average Bonchev–Trinajstić information content (AvgIpc) is 2.47. The van der Waals surface area contributed by atoms with Crippen LogP contribution in [0.15, 0.2) is 53.4 Å². The lowest BCUT2D eigenvalue weighted by atomic mass is 10.1. The van der Waals surface area contributed by atoms with Crippen LogP contribution >= 0.6 is 11.8 Å². The number of rotatable bonds is 4. The standard InChI is InChI=1S/C16H14F3NOS/c1-2-11-5-3-4-6-14(11)20-15(21)12-7-9-13(10-8-12)22-16(17,18)19/h3-10H,2H2,1H3,(H,20,21). The first kappa shape index (κ1) is 16.4. The highest BCUT2D eigenvalue weighted by atomic mass is 32.2. The summed E-state index contributed by atoms with van der Waals surface area (Å²) in [7, 11) is 0. The van der Waals surface area contributed by atoms with Crippen LogP contribution in [0.2, 0.25) is 0 Å². The Morgan fingerprint density at radius 1 is 1.09 bits per heavy atom. The Hall–Kier alpha value is -1.95. The molecule has 0 saturated heterocycles. The van der Waals surface area contributed by atoms with Gasteiger partial charge in [0.05, 0.1) is 0 Å². The number of thioether (sulfide) groups is 1. The zero-order chi connectivity index (χ0) is 16.2. The normalized spacial score (nSPS) is 11.3. The number of halogens is 3.